The van der Waals surface area contributed by atoms with Crippen LogP contribution in [0.25, 0.3) is 78.9 Å². The molecule has 13 rings (SSSR count). The SMILES string of the molecule is C[Si](C)(C)c1cc(-c2c(-c3ccccc3)ccc3c2C=C(c2ccccc2)[CH]3[Zr]([Cl])([Cl])([c]2cccc3c2[SiH2]c2ccccc2-3)[CH]2C(c3ccccc3)=Cc3c2ccc(-c2ccccc2)c3-c2cc([Si](C)(C)C)cc([Si](C)(C)C)c2)cc([Si](C)(C)C)c1. The number of benzene rings is 10. The van der Waals surface area contributed by atoms with Gasteiger partial charge in [-0.3, -0.25) is 0 Å². The van der Waals surface area contributed by atoms with Crippen LogP contribution in [0.15, 0.2) is 224 Å². The van der Waals surface area contributed by atoms with Gasteiger partial charge in [-0.25, -0.2) is 0 Å². The van der Waals surface area contributed by atoms with Crippen LogP contribution in [0.1, 0.15) is 40.6 Å². The van der Waals surface area contributed by atoms with E-state index in [2.05, 4.69) is 315 Å². The molecule has 86 heavy (non-hydrogen) atoms. The molecule has 1 aliphatic heterocycles. The first-order chi connectivity index (χ1) is 40.9. The van der Waals surface area contributed by atoms with E-state index < -0.39 is 58.2 Å². The molecule has 0 N–H and O–H groups in total. The average Bonchev–Trinajstić information content (AvgIpc) is 1.41. The van der Waals surface area contributed by atoms with Crippen LogP contribution in [0.2, 0.25) is 78.6 Å². The predicted molar refractivity (Wildman–Crippen MR) is 392 cm³/mol. The second kappa shape index (κ2) is 21.8. The first-order valence-corrected chi connectivity index (χ1v) is 56.8. The Morgan fingerprint density at radius 2 is 0.674 bits per heavy atom. The number of allylic oxidation sites excluding steroid dienone is 2. The number of halogens is 2. The van der Waals surface area contributed by atoms with E-state index in [1.165, 1.54) is 135 Å². The Morgan fingerprint density at radius 3 is 1.06 bits per heavy atom. The monoisotopic (exact) mass is 1320 g/mol. The molecular formula is C78H79Cl2Si5Zr. The molecule has 2 aliphatic carbocycles. The Labute approximate surface area is 527 Å². The van der Waals surface area contributed by atoms with Crippen molar-refractivity contribution < 1.29 is 16.4 Å². The molecule has 429 valence electrons. The van der Waals surface area contributed by atoms with E-state index in [-0.39, 0.29) is 7.25 Å². The molecule has 1 heterocycles. The van der Waals surface area contributed by atoms with Crippen LogP contribution in [-0.4, -0.2) is 41.8 Å². The summed E-state index contributed by atoms with van der Waals surface area (Å²) in [5.41, 5.74) is 22.4. The third kappa shape index (κ3) is 10.3. The van der Waals surface area contributed by atoms with Gasteiger partial charge in [0.2, 0.25) is 0 Å². The summed E-state index contributed by atoms with van der Waals surface area (Å²) in [6.45, 7) is 30.1. The maximum atomic E-state index is 10.1. The Balaban J connectivity index is 1.20. The quantitative estimate of drug-likeness (QED) is 0.101. The summed E-state index contributed by atoms with van der Waals surface area (Å²) in [6, 6.07) is 86.2. The van der Waals surface area contributed by atoms with Crippen LogP contribution in [0.4, 0.5) is 0 Å². The van der Waals surface area contributed by atoms with E-state index in [9.17, 15) is 17.0 Å². The fourth-order valence-electron chi connectivity index (χ4n) is 14.5. The van der Waals surface area contributed by atoms with Gasteiger partial charge in [-0.05, 0) is 0 Å². The van der Waals surface area contributed by atoms with Crippen molar-refractivity contribution in [2.24, 2.45) is 0 Å². The Morgan fingerprint density at radius 1 is 0.326 bits per heavy atom. The van der Waals surface area contributed by atoms with Crippen molar-refractivity contribution in [3.8, 4) is 55.6 Å². The van der Waals surface area contributed by atoms with Crippen molar-refractivity contribution in [3.63, 3.8) is 0 Å². The van der Waals surface area contributed by atoms with Crippen molar-refractivity contribution in [1.82, 2.24) is 0 Å². The third-order valence-electron chi connectivity index (χ3n) is 19.1. The molecule has 10 aromatic carbocycles. The van der Waals surface area contributed by atoms with E-state index in [0.717, 1.165) is 0 Å². The van der Waals surface area contributed by atoms with Gasteiger partial charge in [-0.1, -0.05) is 0 Å². The number of fused-ring (bicyclic) bond motifs is 5. The second-order valence-corrected chi connectivity index (χ2v) is 71.7. The summed E-state index contributed by atoms with van der Waals surface area (Å²) in [7, 11) is 11.8. The molecule has 10 aromatic rings. The Hall–Kier alpha value is -5.77. The molecule has 0 fully saturated rings. The van der Waals surface area contributed by atoms with Gasteiger partial charge in [0.15, 0.2) is 0 Å². The molecule has 0 bridgehead atoms. The van der Waals surface area contributed by atoms with E-state index in [1.807, 2.05) is 0 Å². The Kier molecular flexibility index (Phi) is 15.0. The molecule has 0 saturated carbocycles. The molecule has 3 aliphatic rings. The maximum absolute atomic E-state index is 10.1. The minimum atomic E-state index is -6.31. The number of rotatable bonds is 13. The number of hydrogen-bond donors (Lipinski definition) is 0. The van der Waals surface area contributed by atoms with Crippen molar-refractivity contribution in [2.45, 2.75) is 85.8 Å². The predicted octanol–water partition coefficient (Wildman–Crippen LogP) is 17.8. The summed E-state index contributed by atoms with van der Waals surface area (Å²) in [5, 5.41) is 8.85. The van der Waals surface area contributed by atoms with Gasteiger partial charge in [-0.2, -0.15) is 0 Å². The molecule has 2 atom stereocenters. The molecule has 0 radical (unpaired) electrons. The number of hydrogen-bond acceptors (Lipinski definition) is 0. The van der Waals surface area contributed by atoms with Gasteiger partial charge < -0.3 is 0 Å². The fourth-order valence-corrected chi connectivity index (χ4v) is 46.5. The summed E-state index contributed by atoms with van der Waals surface area (Å²) in [6.07, 6.45) is 5.15. The molecule has 0 amide bonds. The summed E-state index contributed by atoms with van der Waals surface area (Å²) in [5.74, 6) is 0. The van der Waals surface area contributed by atoms with Gasteiger partial charge in [0.1, 0.15) is 0 Å². The molecule has 0 nitrogen and oxygen atoms in total. The van der Waals surface area contributed by atoms with Gasteiger partial charge in [0.05, 0.1) is 0 Å². The van der Waals surface area contributed by atoms with Gasteiger partial charge >= 0.3 is 532 Å². The fraction of sp³-hybridized carbons (Fsp3) is 0.179. The zero-order chi connectivity index (χ0) is 60.3. The molecular weight excluding hydrogens is 1240 g/mol. The van der Waals surface area contributed by atoms with Crippen LogP contribution in [-0.2, 0) is 16.4 Å². The topological polar surface area (TPSA) is 0 Å². The van der Waals surface area contributed by atoms with E-state index in [4.69, 9.17) is 0 Å². The summed E-state index contributed by atoms with van der Waals surface area (Å²) >= 11 is -6.31. The molecule has 2 unspecified atom stereocenters. The van der Waals surface area contributed by atoms with Gasteiger partial charge in [0, 0.05) is 0 Å². The van der Waals surface area contributed by atoms with Crippen molar-refractivity contribution >= 4 is 117 Å². The van der Waals surface area contributed by atoms with Crippen molar-refractivity contribution in [2.75, 3.05) is 0 Å². The summed E-state index contributed by atoms with van der Waals surface area (Å²) in [4.78, 5) is 0. The summed E-state index contributed by atoms with van der Waals surface area (Å²) < 4.78 is 0.492. The molecule has 0 aromatic heterocycles. The Bertz CT molecular complexity index is 4090. The van der Waals surface area contributed by atoms with Gasteiger partial charge in [-0.15, -0.1) is 0 Å². The van der Waals surface area contributed by atoms with Crippen LogP contribution >= 0.6 is 17.0 Å². The zero-order valence-electron chi connectivity index (χ0n) is 52.1. The molecule has 0 saturated heterocycles. The van der Waals surface area contributed by atoms with E-state index >= 15 is 0 Å². The third-order valence-corrected chi connectivity index (χ3v) is 49.7. The van der Waals surface area contributed by atoms with Crippen LogP contribution in [0, 0.1) is 0 Å². The van der Waals surface area contributed by atoms with Gasteiger partial charge in [0.25, 0.3) is 0 Å². The first kappa shape index (κ1) is 59.2. The normalized spacial score (nSPS) is 16.4. The standard InChI is InChI=1S/2C33H35Si2.C12H9Si.2ClH.Zr/c2*1-34(2,3)29-20-28(21-30(23-29)35(4,5)6)33-31(25-15-11-8-12-16-25)18-17-26-19-27(22-32(26)33)24-13-9-7-10-14-24;1-3-7-11-9(5-1)10-6-2-4-8-12(10)13-11;;;/h2*7-23H,1-6H3;1-7H,13H2;2*1H;/q;;;;;+2/p-2. The van der Waals surface area contributed by atoms with E-state index in [1.54, 1.807) is 0 Å². The van der Waals surface area contributed by atoms with E-state index in [0.29, 0.717) is 0 Å². The van der Waals surface area contributed by atoms with Crippen molar-refractivity contribution in [1.29, 1.82) is 0 Å². The first-order valence-electron chi connectivity index (χ1n) is 31.0. The van der Waals surface area contributed by atoms with Crippen LogP contribution in [0.5, 0.6) is 0 Å². The molecule has 8 heteroatoms. The zero-order valence-corrected chi connectivity index (χ0v) is 61.5. The van der Waals surface area contributed by atoms with Crippen LogP contribution in [0.3, 0.4) is 0 Å². The average molecular weight is 1320 g/mol. The minimum absolute atomic E-state index is 0.365. The van der Waals surface area contributed by atoms with Crippen LogP contribution < -0.4 is 34.4 Å². The molecule has 0 spiro atoms. The second-order valence-electron chi connectivity index (χ2n) is 28.9. The van der Waals surface area contributed by atoms with Crippen molar-refractivity contribution in [3.05, 3.63) is 258 Å².